The Hall–Kier alpha value is -1.42. The number of pyridine rings is 1. The van der Waals surface area contributed by atoms with Crippen molar-refractivity contribution < 1.29 is 4.79 Å². The van der Waals surface area contributed by atoms with Gasteiger partial charge in [-0.25, -0.2) is 0 Å². The molecule has 4 nitrogen and oxygen atoms in total. The fourth-order valence-electron chi connectivity index (χ4n) is 2.01. The SMILES string of the molecule is CN(C)CC(=O)NCC1(c2cccnc2)CC1. The van der Waals surface area contributed by atoms with Gasteiger partial charge >= 0.3 is 0 Å². The number of nitrogens with zero attached hydrogens (tertiary/aromatic N) is 2. The van der Waals surface area contributed by atoms with Crippen molar-refractivity contribution in [2.75, 3.05) is 27.2 Å². The van der Waals surface area contributed by atoms with E-state index in [2.05, 4.69) is 16.4 Å². The van der Waals surface area contributed by atoms with Crippen LogP contribution in [0.15, 0.2) is 24.5 Å². The van der Waals surface area contributed by atoms with Gasteiger partial charge in [0.15, 0.2) is 0 Å². The lowest BCUT2D eigenvalue weighted by molar-refractivity contribution is -0.121. The Balaban J connectivity index is 1.89. The molecule has 1 heterocycles. The maximum Gasteiger partial charge on any atom is 0.234 e. The number of aromatic nitrogens is 1. The monoisotopic (exact) mass is 233 g/mol. The van der Waals surface area contributed by atoms with E-state index in [9.17, 15) is 4.79 Å². The van der Waals surface area contributed by atoms with Crippen molar-refractivity contribution in [2.24, 2.45) is 0 Å². The Morgan fingerprint density at radius 3 is 2.82 bits per heavy atom. The molecular formula is C13H19N3O. The van der Waals surface area contributed by atoms with Gasteiger partial charge in [-0.2, -0.15) is 0 Å². The largest absolute Gasteiger partial charge is 0.354 e. The zero-order valence-electron chi connectivity index (χ0n) is 10.4. The highest BCUT2D eigenvalue weighted by molar-refractivity contribution is 5.78. The molecular weight excluding hydrogens is 214 g/mol. The van der Waals surface area contributed by atoms with Gasteiger partial charge in [0, 0.05) is 24.4 Å². The van der Waals surface area contributed by atoms with E-state index in [0.717, 1.165) is 19.4 Å². The van der Waals surface area contributed by atoms with Crippen LogP contribution in [0.2, 0.25) is 0 Å². The summed E-state index contributed by atoms with van der Waals surface area (Å²) in [6.45, 7) is 1.18. The van der Waals surface area contributed by atoms with Crippen molar-refractivity contribution in [3.63, 3.8) is 0 Å². The van der Waals surface area contributed by atoms with Gasteiger partial charge in [0.05, 0.1) is 6.54 Å². The summed E-state index contributed by atoms with van der Waals surface area (Å²) >= 11 is 0. The minimum absolute atomic E-state index is 0.0881. The van der Waals surface area contributed by atoms with Crippen LogP contribution in [0, 0.1) is 0 Å². The number of carbonyl (C=O) groups excluding carboxylic acids is 1. The lowest BCUT2D eigenvalue weighted by Gasteiger charge is -2.17. The molecule has 0 atom stereocenters. The number of hydrogen-bond donors (Lipinski definition) is 1. The summed E-state index contributed by atoms with van der Waals surface area (Å²) in [7, 11) is 3.79. The molecule has 1 aromatic heterocycles. The van der Waals surface area contributed by atoms with Crippen molar-refractivity contribution in [3.05, 3.63) is 30.1 Å². The van der Waals surface area contributed by atoms with E-state index < -0.39 is 0 Å². The average Bonchev–Trinajstić information content (AvgIpc) is 3.08. The van der Waals surface area contributed by atoms with E-state index in [0.29, 0.717) is 6.54 Å². The van der Waals surface area contributed by atoms with Crippen LogP contribution in [-0.2, 0) is 10.2 Å². The van der Waals surface area contributed by atoms with Crippen molar-refractivity contribution in [1.82, 2.24) is 15.2 Å². The minimum atomic E-state index is 0.0881. The number of likely N-dealkylation sites (N-methyl/N-ethyl adjacent to an activating group) is 1. The normalized spacial score (nSPS) is 16.9. The third-order valence-electron chi connectivity index (χ3n) is 3.21. The Kier molecular flexibility index (Phi) is 3.43. The molecule has 0 radical (unpaired) electrons. The molecule has 1 aromatic rings. The summed E-state index contributed by atoms with van der Waals surface area (Å²) < 4.78 is 0. The van der Waals surface area contributed by atoms with Crippen LogP contribution >= 0.6 is 0 Å². The van der Waals surface area contributed by atoms with Crippen molar-refractivity contribution in [2.45, 2.75) is 18.3 Å². The second-order valence-electron chi connectivity index (χ2n) is 5.04. The molecule has 2 rings (SSSR count). The van der Waals surface area contributed by atoms with Gasteiger partial charge in [0.2, 0.25) is 5.91 Å². The fourth-order valence-corrected chi connectivity index (χ4v) is 2.01. The minimum Gasteiger partial charge on any atom is -0.354 e. The van der Waals surface area contributed by atoms with Gasteiger partial charge in [0.1, 0.15) is 0 Å². The number of amides is 1. The van der Waals surface area contributed by atoms with Gasteiger partial charge in [-0.3, -0.25) is 9.78 Å². The lowest BCUT2D eigenvalue weighted by atomic mass is 9.98. The van der Waals surface area contributed by atoms with Crippen molar-refractivity contribution >= 4 is 5.91 Å². The molecule has 92 valence electrons. The average molecular weight is 233 g/mol. The lowest BCUT2D eigenvalue weighted by Crippen LogP contribution is -2.37. The van der Waals surface area contributed by atoms with E-state index in [1.165, 1.54) is 5.56 Å². The second-order valence-corrected chi connectivity index (χ2v) is 5.04. The van der Waals surface area contributed by atoms with Crippen LogP contribution in [0.25, 0.3) is 0 Å². The number of hydrogen-bond acceptors (Lipinski definition) is 3. The Morgan fingerprint density at radius 1 is 1.53 bits per heavy atom. The molecule has 1 aliphatic rings. The first-order valence-electron chi connectivity index (χ1n) is 5.94. The van der Waals surface area contributed by atoms with E-state index in [1.54, 1.807) is 6.20 Å². The highest BCUT2D eigenvalue weighted by atomic mass is 16.2. The molecule has 4 heteroatoms. The van der Waals surface area contributed by atoms with Gasteiger partial charge in [-0.05, 0) is 38.6 Å². The highest BCUT2D eigenvalue weighted by Gasteiger charge is 2.44. The highest BCUT2D eigenvalue weighted by Crippen LogP contribution is 2.47. The maximum atomic E-state index is 11.6. The predicted molar refractivity (Wildman–Crippen MR) is 66.7 cm³/mol. The summed E-state index contributed by atoms with van der Waals surface area (Å²) in [5.74, 6) is 0.0881. The van der Waals surface area contributed by atoms with Gasteiger partial charge in [0.25, 0.3) is 0 Å². The van der Waals surface area contributed by atoms with Crippen LogP contribution < -0.4 is 5.32 Å². The van der Waals surface area contributed by atoms with Crippen LogP contribution in [0.4, 0.5) is 0 Å². The predicted octanol–water partition coefficient (Wildman–Crippen LogP) is 0.791. The van der Waals surface area contributed by atoms with E-state index in [-0.39, 0.29) is 11.3 Å². The van der Waals surface area contributed by atoms with Gasteiger partial charge < -0.3 is 10.2 Å². The van der Waals surface area contributed by atoms with E-state index in [1.807, 2.05) is 31.3 Å². The quantitative estimate of drug-likeness (QED) is 0.818. The third kappa shape index (κ3) is 3.03. The molecule has 0 aliphatic heterocycles. The summed E-state index contributed by atoms with van der Waals surface area (Å²) in [6, 6.07) is 4.05. The Labute approximate surface area is 102 Å². The molecule has 1 saturated carbocycles. The Morgan fingerprint density at radius 2 is 2.29 bits per heavy atom. The zero-order valence-corrected chi connectivity index (χ0v) is 10.4. The first-order chi connectivity index (χ1) is 8.12. The molecule has 1 amide bonds. The van der Waals surface area contributed by atoms with E-state index in [4.69, 9.17) is 0 Å². The number of rotatable bonds is 5. The van der Waals surface area contributed by atoms with Crippen LogP contribution in [-0.4, -0.2) is 43.0 Å². The molecule has 1 fully saturated rings. The van der Waals surface area contributed by atoms with Crippen molar-refractivity contribution in [3.8, 4) is 0 Å². The first kappa shape index (κ1) is 12.0. The van der Waals surface area contributed by atoms with Gasteiger partial charge in [-0.15, -0.1) is 0 Å². The fraction of sp³-hybridized carbons (Fsp3) is 0.538. The number of nitrogens with one attached hydrogen (secondary N) is 1. The van der Waals surface area contributed by atoms with Gasteiger partial charge in [-0.1, -0.05) is 6.07 Å². The molecule has 1 aliphatic carbocycles. The van der Waals surface area contributed by atoms with E-state index >= 15 is 0 Å². The molecule has 1 N–H and O–H groups in total. The molecule has 0 saturated heterocycles. The molecule has 0 aromatic carbocycles. The summed E-state index contributed by atoms with van der Waals surface area (Å²) in [5.41, 5.74) is 1.39. The van der Waals surface area contributed by atoms with Crippen LogP contribution in [0.3, 0.4) is 0 Å². The summed E-state index contributed by atoms with van der Waals surface area (Å²) in [4.78, 5) is 17.6. The summed E-state index contributed by atoms with van der Waals surface area (Å²) in [5, 5.41) is 3.01. The maximum absolute atomic E-state index is 11.6. The first-order valence-corrected chi connectivity index (χ1v) is 5.94. The number of carbonyl (C=O) groups is 1. The second kappa shape index (κ2) is 4.84. The molecule has 17 heavy (non-hydrogen) atoms. The third-order valence-corrected chi connectivity index (χ3v) is 3.21. The standard InChI is InChI=1S/C13H19N3O/c1-16(2)9-12(17)15-10-13(5-6-13)11-4-3-7-14-8-11/h3-4,7-8H,5-6,9-10H2,1-2H3,(H,15,17). The summed E-state index contributed by atoms with van der Waals surface area (Å²) in [6.07, 6.45) is 5.97. The van der Waals surface area contributed by atoms with Crippen LogP contribution in [0.1, 0.15) is 18.4 Å². The zero-order chi connectivity index (χ0) is 12.3. The molecule has 0 unspecified atom stereocenters. The molecule has 0 bridgehead atoms. The smallest absolute Gasteiger partial charge is 0.234 e. The molecule has 0 spiro atoms. The van der Waals surface area contributed by atoms with Crippen molar-refractivity contribution in [1.29, 1.82) is 0 Å². The van der Waals surface area contributed by atoms with Crippen LogP contribution in [0.5, 0.6) is 0 Å². The Bertz CT molecular complexity index is 385. The topological polar surface area (TPSA) is 45.2 Å².